The minimum atomic E-state index is -3.97. The van der Waals surface area contributed by atoms with Crippen LogP contribution in [-0.4, -0.2) is 57.5 Å². The van der Waals surface area contributed by atoms with Crippen molar-refractivity contribution in [2.75, 3.05) is 19.8 Å². The van der Waals surface area contributed by atoms with Crippen LogP contribution in [0.25, 0.3) is 0 Å². The summed E-state index contributed by atoms with van der Waals surface area (Å²) in [6.07, 6.45) is 6.17. The molecule has 1 amide bonds. The first-order chi connectivity index (χ1) is 15.8. The summed E-state index contributed by atoms with van der Waals surface area (Å²) in [5.74, 6) is -1.27. The predicted octanol–water partition coefficient (Wildman–Crippen LogP) is 3.07. The highest BCUT2D eigenvalue weighted by Gasteiger charge is 2.27. The SMILES string of the molecule is O=C(O)CCCCCCCNC(=O)C(COC1CCCCO1)NS(=O)(=O)c1ccc(Cl)cc1. The van der Waals surface area contributed by atoms with E-state index in [9.17, 15) is 18.0 Å². The van der Waals surface area contributed by atoms with Crippen molar-refractivity contribution in [1.82, 2.24) is 10.0 Å². The Bertz CT molecular complexity index is 843. The molecule has 2 atom stereocenters. The maximum Gasteiger partial charge on any atom is 0.303 e. The fourth-order valence-corrected chi connectivity index (χ4v) is 4.65. The second kappa shape index (κ2) is 14.5. The van der Waals surface area contributed by atoms with E-state index in [4.69, 9.17) is 26.2 Å². The Hall–Kier alpha value is -1.72. The number of carbonyl (C=O) groups excluding carboxylic acids is 1. The molecule has 0 saturated carbocycles. The standard InChI is InChI=1S/C22H33ClN2O7S/c23-17-10-12-18(13-11-17)33(29,30)25-19(16-32-21-9-5-7-15-31-21)22(28)24-14-6-3-1-2-4-8-20(26)27/h10-13,19,21,25H,1-9,14-16H2,(H,24,28)(H,26,27). The van der Waals surface area contributed by atoms with Gasteiger partial charge < -0.3 is 19.9 Å². The summed E-state index contributed by atoms with van der Waals surface area (Å²) in [6, 6.07) is 4.55. The molecule has 1 heterocycles. The van der Waals surface area contributed by atoms with E-state index in [2.05, 4.69) is 10.0 Å². The molecule has 1 fully saturated rings. The van der Waals surface area contributed by atoms with Gasteiger partial charge in [-0.25, -0.2) is 8.42 Å². The molecule has 9 nitrogen and oxygen atoms in total. The van der Waals surface area contributed by atoms with Gasteiger partial charge in [0.1, 0.15) is 6.04 Å². The number of sulfonamides is 1. The fraction of sp³-hybridized carbons (Fsp3) is 0.636. The van der Waals surface area contributed by atoms with Crippen LogP contribution in [-0.2, 0) is 29.1 Å². The molecular formula is C22H33ClN2O7S. The molecule has 0 radical (unpaired) electrons. The highest BCUT2D eigenvalue weighted by Crippen LogP contribution is 2.16. The van der Waals surface area contributed by atoms with Crippen LogP contribution in [0.2, 0.25) is 5.02 Å². The summed E-state index contributed by atoms with van der Waals surface area (Å²) in [4.78, 5) is 23.3. The van der Waals surface area contributed by atoms with Crippen molar-refractivity contribution in [1.29, 1.82) is 0 Å². The average Bonchev–Trinajstić information content (AvgIpc) is 2.79. The van der Waals surface area contributed by atoms with Gasteiger partial charge in [0.2, 0.25) is 15.9 Å². The topological polar surface area (TPSA) is 131 Å². The first kappa shape index (κ1) is 27.5. The quantitative estimate of drug-likeness (QED) is 0.313. The van der Waals surface area contributed by atoms with Crippen LogP contribution in [0.4, 0.5) is 0 Å². The molecule has 0 bridgehead atoms. The third kappa shape index (κ3) is 10.8. The second-order valence-electron chi connectivity index (χ2n) is 7.96. The van der Waals surface area contributed by atoms with E-state index in [0.717, 1.165) is 32.1 Å². The van der Waals surface area contributed by atoms with Crippen LogP contribution in [0, 0.1) is 0 Å². The summed E-state index contributed by atoms with van der Waals surface area (Å²) < 4.78 is 39.2. The van der Waals surface area contributed by atoms with Gasteiger partial charge in [-0.3, -0.25) is 9.59 Å². The van der Waals surface area contributed by atoms with Crippen LogP contribution in [0.15, 0.2) is 29.2 Å². The van der Waals surface area contributed by atoms with Crippen LogP contribution >= 0.6 is 11.6 Å². The van der Waals surface area contributed by atoms with Crippen LogP contribution in [0.1, 0.15) is 57.8 Å². The molecule has 0 aliphatic carbocycles. The molecule has 1 aromatic rings. The van der Waals surface area contributed by atoms with Crippen molar-refractivity contribution in [2.45, 2.75) is 75.0 Å². The van der Waals surface area contributed by atoms with Gasteiger partial charge in [-0.15, -0.1) is 0 Å². The van der Waals surface area contributed by atoms with Gasteiger partial charge in [-0.05, 0) is 56.4 Å². The van der Waals surface area contributed by atoms with E-state index >= 15 is 0 Å². The number of halogens is 1. The number of unbranched alkanes of at least 4 members (excludes halogenated alkanes) is 4. The van der Waals surface area contributed by atoms with Crippen molar-refractivity contribution in [2.24, 2.45) is 0 Å². The van der Waals surface area contributed by atoms with Gasteiger partial charge in [-0.2, -0.15) is 4.72 Å². The number of hydrogen-bond acceptors (Lipinski definition) is 6. The zero-order valence-corrected chi connectivity index (χ0v) is 20.2. The first-order valence-electron chi connectivity index (χ1n) is 11.3. The first-order valence-corrected chi connectivity index (χ1v) is 13.1. The monoisotopic (exact) mass is 504 g/mol. The molecular weight excluding hydrogens is 472 g/mol. The molecule has 1 saturated heterocycles. The van der Waals surface area contributed by atoms with Gasteiger partial charge in [0.15, 0.2) is 6.29 Å². The fourth-order valence-electron chi connectivity index (χ4n) is 3.34. The number of aliphatic carboxylic acids is 1. The number of benzene rings is 1. The van der Waals surface area contributed by atoms with Gasteiger partial charge >= 0.3 is 5.97 Å². The number of rotatable bonds is 15. The van der Waals surface area contributed by atoms with Crippen molar-refractivity contribution in [3.8, 4) is 0 Å². The van der Waals surface area contributed by atoms with Gasteiger partial charge in [0.05, 0.1) is 11.5 Å². The molecule has 2 unspecified atom stereocenters. The highest BCUT2D eigenvalue weighted by molar-refractivity contribution is 7.89. The molecule has 33 heavy (non-hydrogen) atoms. The van der Waals surface area contributed by atoms with Crippen molar-refractivity contribution in [3.63, 3.8) is 0 Å². The molecule has 0 aromatic heterocycles. The number of nitrogens with one attached hydrogen (secondary N) is 2. The van der Waals surface area contributed by atoms with E-state index in [1.165, 1.54) is 24.3 Å². The van der Waals surface area contributed by atoms with Gasteiger partial charge in [0, 0.05) is 24.6 Å². The maximum atomic E-state index is 12.8. The van der Waals surface area contributed by atoms with Crippen LogP contribution < -0.4 is 10.0 Å². The molecule has 11 heteroatoms. The van der Waals surface area contributed by atoms with E-state index in [0.29, 0.717) is 37.4 Å². The van der Waals surface area contributed by atoms with Gasteiger partial charge in [0.25, 0.3) is 0 Å². The Kier molecular flexibility index (Phi) is 12.1. The average molecular weight is 505 g/mol. The minimum Gasteiger partial charge on any atom is -0.481 e. The molecule has 0 spiro atoms. The Morgan fingerprint density at radius 3 is 2.48 bits per heavy atom. The zero-order valence-electron chi connectivity index (χ0n) is 18.6. The van der Waals surface area contributed by atoms with Gasteiger partial charge in [-0.1, -0.05) is 30.9 Å². The predicted molar refractivity (Wildman–Crippen MR) is 123 cm³/mol. The second-order valence-corrected chi connectivity index (χ2v) is 10.1. The van der Waals surface area contributed by atoms with E-state index < -0.39 is 34.2 Å². The summed E-state index contributed by atoms with van der Waals surface area (Å²) in [6.45, 7) is 0.805. The number of amides is 1. The maximum absolute atomic E-state index is 12.8. The third-order valence-electron chi connectivity index (χ3n) is 5.19. The minimum absolute atomic E-state index is 0.0000210. The number of ether oxygens (including phenoxy) is 2. The van der Waals surface area contributed by atoms with Crippen LogP contribution in [0.3, 0.4) is 0 Å². The van der Waals surface area contributed by atoms with E-state index in [1.807, 2.05) is 0 Å². The number of carboxylic acids is 1. The number of carboxylic acid groups (broad SMARTS) is 1. The normalized spacial score (nSPS) is 17.4. The van der Waals surface area contributed by atoms with Crippen LogP contribution in [0.5, 0.6) is 0 Å². The largest absolute Gasteiger partial charge is 0.481 e. The lowest BCUT2D eigenvalue weighted by molar-refractivity contribution is -0.167. The van der Waals surface area contributed by atoms with E-state index in [1.54, 1.807) is 0 Å². The molecule has 3 N–H and O–H groups in total. The molecule has 1 aliphatic heterocycles. The summed E-state index contributed by atoms with van der Waals surface area (Å²) in [5.41, 5.74) is 0. The number of carbonyl (C=O) groups is 2. The summed E-state index contributed by atoms with van der Waals surface area (Å²) in [5, 5.41) is 11.8. The van der Waals surface area contributed by atoms with Crippen molar-refractivity contribution < 1.29 is 32.6 Å². The van der Waals surface area contributed by atoms with E-state index in [-0.39, 0.29) is 17.9 Å². The highest BCUT2D eigenvalue weighted by atomic mass is 35.5. The summed E-state index contributed by atoms with van der Waals surface area (Å²) in [7, 11) is -3.97. The smallest absolute Gasteiger partial charge is 0.303 e. The Labute approximate surface area is 200 Å². The van der Waals surface area contributed by atoms with Crippen molar-refractivity contribution in [3.05, 3.63) is 29.3 Å². The molecule has 1 aliphatic rings. The third-order valence-corrected chi connectivity index (χ3v) is 6.93. The molecule has 186 valence electrons. The Morgan fingerprint density at radius 2 is 1.82 bits per heavy atom. The van der Waals surface area contributed by atoms with Crippen molar-refractivity contribution >= 4 is 33.5 Å². The molecule has 2 rings (SSSR count). The summed E-state index contributed by atoms with van der Waals surface area (Å²) >= 11 is 5.84. The molecule has 1 aromatic carbocycles. The zero-order chi connectivity index (χ0) is 24.1. The Morgan fingerprint density at radius 1 is 1.12 bits per heavy atom. The number of hydrogen-bond donors (Lipinski definition) is 3. The lowest BCUT2D eigenvalue weighted by atomic mass is 10.1. The lowest BCUT2D eigenvalue weighted by Gasteiger charge is -2.25. The Balaban J connectivity index is 1.87. The lowest BCUT2D eigenvalue weighted by Crippen LogP contribution is -2.50.